The van der Waals surface area contributed by atoms with Crippen LogP contribution >= 0.6 is 11.6 Å². The van der Waals surface area contributed by atoms with Crippen LogP contribution < -0.4 is 4.72 Å². The van der Waals surface area contributed by atoms with E-state index >= 15 is 0 Å². The summed E-state index contributed by atoms with van der Waals surface area (Å²) in [6, 6.07) is 12.8. The first kappa shape index (κ1) is 14.6. The Labute approximate surface area is 132 Å². The molecule has 0 saturated carbocycles. The van der Waals surface area contributed by atoms with E-state index < -0.39 is 10.0 Å². The van der Waals surface area contributed by atoms with Crippen LogP contribution in [0, 0.1) is 0 Å². The average molecular weight is 335 g/mol. The van der Waals surface area contributed by atoms with Gasteiger partial charge in [-0.15, -0.1) is 0 Å². The van der Waals surface area contributed by atoms with Crippen LogP contribution in [0.15, 0.2) is 59.8 Å². The highest BCUT2D eigenvalue weighted by Crippen LogP contribution is 2.21. The molecule has 2 N–H and O–H groups in total. The van der Waals surface area contributed by atoms with Gasteiger partial charge in [-0.05, 0) is 48.5 Å². The van der Waals surface area contributed by atoms with Crippen molar-refractivity contribution in [2.75, 3.05) is 4.72 Å². The zero-order valence-corrected chi connectivity index (χ0v) is 12.8. The molecule has 112 valence electrons. The third-order valence-electron chi connectivity index (χ3n) is 2.95. The minimum atomic E-state index is -3.64. The minimum Gasteiger partial charge on any atom is -0.280 e. The Bertz CT molecular complexity index is 860. The number of rotatable bonds is 4. The van der Waals surface area contributed by atoms with E-state index in [1.54, 1.807) is 24.3 Å². The van der Waals surface area contributed by atoms with Crippen molar-refractivity contribution >= 4 is 27.3 Å². The number of sulfonamides is 1. The molecule has 0 radical (unpaired) electrons. The summed E-state index contributed by atoms with van der Waals surface area (Å²) in [5.41, 5.74) is 1.27. The van der Waals surface area contributed by atoms with Gasteiger partial charge in [0, 0.05) is 16.3 Å². The fourth-order valence-electron chi connectivity index (χ4n) is 1.87. The lowest BCUT2D eigenvalue weighted by Gasteiger charge is -2.08. The summed E-state index contributed by atoms with van der Waals surface area (Å²) in [5, 5.41) is 6.99. The van der Waals surface area contributed by atoms with Crippen LogP contribution in [-0.2, 0) is 10.0 Å². The van der Waals surface area contributed by atoms with Gasteiger partial charge in [-0.3, -0.25) is 9.82 Å². The van der Waals surface area contributed by atoms with Gasteiger partial charge in [-0.2, -0.15) is 5.10 Å². The van der Waals surface area contributed by atoms with Crippen LogP contribution in [-0.4, -0.2) is 23.6 Å². The molecule has 0 atom stereocenters. The van der Waals surface area contributed by atoms with Crippen molar-refractivity contribution in [2.45, 2.75) is 4.90 Å². The summed E-state index contributed by atoms with van der Waals surface area (Å²) < 4.78 is 27.0. The summed E-state index contributed by atoms with van der Waals surface area (Å²) in [6.45, 7) is 0. The number of hydrogen-bond donors (Lipinski definition) is 2. The molecule has 0 saturated heterocycles. The first-order valence-electron chi connectivity index (χ1n) is 6.29. The van der Waals surface area contributed by atoms with Crippen molar-refractivity contribution in [1.82, 2.24) is 15.2 Å². The lowest BCUT2D eigenvalue weighted by molar-refractivity contribution is 0.601. The van der Waals surface area contributed by atoms with Gasteiger partial charge >= 0.3 is 0 Å². The highest BCUT2D eigenvalue weighted by Gasteiger charge is 2.14. The maximum absolute atomic E-state index is 12.2. The molecule has 1 heterocycles. The predicted octanol–water partition coefficient (Wildman–Crippen LogP) is 2.93. The highest BCUT2D eigenvalue weighted by atomic mass is 35.5. The number of nitrogens with one attached hydrogen (secondary N) is 2. The van der Waals surface area contributed by atoms with Gasteiger partial charge in [0.2, 0.25) is 0 Å². The molecule has 8 heteroatoms. The first-order valence-corrected chi connectivity index (χ1v) is 8.15. The fourth-order valence-corrected chi connectivity index (χ4v) is 3.05. The van der Waals surface area contributed by atoms with Crippen LogP contribution in [0.5, 0.6) is 0 Å². The number of hydrogen-bond acceptors (Lipinski definition) is 4. The second-order valence-electron chi connectivity index (χ2n) is 4.47. The maximum atomic E-state index is 12.2. The number of benzene rings is 2. The first-order chi connectivity index (χ1) is 10.5. The number of halogens is 1. The predicted molar refractivity (Wildman–Crippen MR) is 84.1 cm³/mol. The van der Waals surface area contributed by atoms with Gasteiger partial charge < -0.3 is 0 Å². The molecular weight excluding hydrogens is 324 g/mol. The van der Waals surface area contributed by atoms with E-state index in [0.29, 0.717) is 16.5 Å². The molecule has 3 aromatic rings. The van der Waals surface area contributed by atoms with Crippen molar-refractivity contribution in [3.63, 3.8) is 0 Å². The van der Waals surface area contributed by atoms with Crippen molar-refractivity contribution in [2.24, 2.45) is 0 Å². The van der Waals surface area contributed by atoms with E-state index in [4.69, 9.17) is 11.6 Å². The fraction of sp³-hybridized carbons (Fsp3) is 0. The molecule has 0 aliphatic carbocycles. The molecule has 22 heavy (non-hydrogen) atoms. The Hall–Kier alpha value is -2.38. The van der Waals surface area contributed by atoms with Crippen molar-refractivity contribution < 1.29 is 8.42 Å². The SMILES string of the molecule is O=S(=O)(Nc1ccc(-c2ncn[nH]2)cc1)c1ccc(Cl)cc1. The Morgan fingerprint density at radius 2 is 1.68 bits per heavy atom. The zero-order chi connectivity index (χ0) is 15.6. The van der Waals surface area contributed by atoms with E-state index in [-0.39, 0.29) is 4.90 Å². The van der Waals surface area contributed by atoms with Crippen LogP contribution in [0.1, 0.15) is 0 Å². The number of aromatic nitrogens is 3. The molecule has 6 nitrogen and oxygen atoms in total. The molecule has 0 spiro atoms. The Balaban J connectivity index is 1.82. The molecule has 1 aromatic heterocycles. The quantitative estimate of drug-likeness (QED) is 0.768. The lowest BCUT2D eigenvalue weighted by atomic mass is 10.2. The standard InChI is InChI=1S/C14H11ClN4O2S/c15-11-3-7-13(8-4-11)22(20,21)19-12-5-1-10(2-6-12)14-16-9-17-18-14/h1-9,19H,(H,16,17,18). The summed E-state index contributed by atoms with van der Waals surface area (Å²) >= 11 is 5.76. The summed E-state index contributed by atoms with van der Waals surface area (Å²) in [7, 11) is -3.64. The van der Waals surface area contributed by atoms with Crippen LogP contribution in [0.3, 0.4) is 0 Å². The van der Waals surface area contributed by atoms with E-state index in [0.717, 1.165) is 5.56 Å². The zero-order valence-electron chi connectivity index (χ0n) is 11.2. The van der Waals surface area contributed by atoms with Gasteiger partial charge in [0.15, 0.2) is 5.82 Å². The van der Waals surface area contributed by atoms with Gasteiger partial charge in [-0.25, -0.2) is 13.4 Å². The molecule has 3 rings (SSSR count). The van der Waals surface area contributed by atoms with E-state index in [1.165, 1.54) is 30.6 Å². The summed E-state index contributed by atoms with van der Waals surface area (Å²) in [4.78, 5) is 4.18. The smallest absolute Gasteiger partial charge is 0.261 e. The third-order valence-corrected chi connectivity index (χ3v) is 4.60. The summed E-state index contributed by atoms with van der Waals surface area (Å²) in [5.74, 6) is 0.618. The lowest BCUT2D eigenvalue weighted by Crippen LogP contribution is -2.12. The number of anilines is 1. The highest BCUT2D eigenvalue weighted by molar-refractivity contribution is 7.92. The Morgan fingerprint density at radius 3 is 2.27 bits per heavy atom. The monoisotopic (exact) mass is 334 g/mol. The molecule has 0 aliphatic heterocycles. The normalized spacial score (nSPS) is 11.3. The molecular formula is C14H11ClN4O2S. The molecule has 2 aromatic carbocycles. The van der Waals surface area contributed by atoms with Crippen LogP contribution in [0.4, 0.5) is 5.69 Å². The van der Waals surface area contributed by atoms with Crippen molar-refractivity contribution in [3.8, 4) is 11.4 Å². The summed E-state index contributed by atoms with van der Waals surface area (Å²) in [6.07, 6.45) is 1.41. The van der Waals surface area contributed by atoms with E-state index in [2.05, 4.69) is 19.9 Å². The van der Waals surface area contributed by atoms with Gasteiger partial charge in [0.1, 0.15) is 6.33 Å². The minimum absolute atomic E-state index is 0.149. The number of aromatic amines is 1. The van der Waals surface area contributed by atoms with Crippen molar-refractivity contribution in [3.05, 3.63) is 59.9 Å². The second kappa shape index (κ2) is 5.78. The maximum Gasteiger partial charge on any atom is 0.261 e. The van der Waals surface area contributed by atoms with E-state index in [9.17, 15) is 8.42 Å². The van der Waals surface area contributed by atoms with Crippen molar-refractivity contribution in [1.29, 1.82) is 0 Å². The molecule has 0 unspecified atom stereocenters. The second-order valence-corrected chi connectivity index (χ2v) is 6.59. The Kier molecular flexibility index (Phi) is 3.82. The number of nitrogens with zero attached hydrogens (tertiary/aromatic N) is 2. The van der Waals surface area contributed by atoms with Crippen LogP contribution in [0.25, 0.3) is 11.4 Å². The molecule has 0 fully saturated rings. The topological polar surface area (TPSA) is 87.7 Å². The Morgan fingerprint density at radius 1 is 1.00 bits per heavy atom. The van der Waals surface area contributed by atoms with Crippen LogP contribution in [0.2, 0.25) is 5.02 Å². The largest absolute Gasteiger partial charge is 0.280 e. The molecule has 0 aliphatic rings. The van der Waals surface area contributed by atoms with Gasteiger partial charge in [0.05, 0.1) is 4.90 Å². The number of H-pyrrole nitrogens is 1. The van der Waals surface area contributed by atoms with Gasteiger partial charge in [0.25, 0.3) is 10.0 Å². The molecule has 0 bridgehead atoms. The van der Waals surface area contributed by atoms with Gasteiger partial charge in [-0.1, -0.05) is 11.6 Å². The molecule has 0 amide bonds. The third kappa shape index (κ3) is 3.10. The van der Waals surface area contributed by atoms with E-state index in [1.807, 2.05) is 0 Å². The average Bonchev–Trinajstić information content (AvgIpc) is 3.02.